The summed E-state index contributed by atoms with van der Waals surface area (Å²) in [6.45, 7) is 1.68. The Hall–Kier alpha value is -2.69. The number of nitrogens with zero attached hydrogens (tertiary/aromatic N) is 2. The van der Waals surface area contributed by atoms with Crippen LogP contribution in [0, 0.1) is 5.92 Å². The van der Waals surface area contributed by atoms with Crippen LogP contribution in [-0.2, 0) is 25.7 Å². The van der Waals surface area contributed by atoms with Crippen molar-refractivity contribution in [3.8, 4) is 0 Å². The van der Waals surface area contributed by atoms with Gasteiger partial charge in [0, 0.05) is 15.3 Å². The summed E-state index contributed by atoms with van der Waals surface area (Å²) in [6.07, 6.45) is 0. The highest BCUT2D eigenvalue weighted by Crippen LogP contribution is 2.53. The number of ether oxygens (including phenoxy) is 1. The molecule has 0 spiro atoms. The van der Waals surface area contributed by atoms with Crippen LogP contribution in [0.2, 0.25) is 0 Å². The van der Waals surface area contributed by atoms with E-state index in [4.69, 9.17) is 4.74 Å². The Labute approximate surface area is 211 Å². The molecule has 0 unspecified atom stereocenters. The minimum Gasteiger partial charge on any atom is -0.465 e. The van der Waals surface area contributed by atoms with Crippen LogP contribution in [0.25, 0.3) is 0 Å². The number of rotatable bonds is 5. The highest BCUT2D eigenvalue weighted by atomic mass is 79.9. The van der Waals surface area contributed by atoms with Crippen molar-refractivity contribution in [3.63, 3.8) is 0 Å². The molecule has 0 saturated carbocycles. The lowest BCUT2D eigenvalue weighted by atomic mass is 9.83. The van der Waals surface area contributed by atoms with Crippen molar-refractivity contribution in [2.45, 2.75) is 29.7 Å². The lowest BCUT2D eigenvalue weighted by molar-refractivity contribution is -0.144. The molecule has 174 valence electrons. The van der Waals surface area contributed by atoms with Gasteiger partial charge in [-0.1, -0.05) is 69.4 Å². The van der Waals surface area contributed by atoms with E-state index in [1.165, 1.54) is 21.2 Å². The van der Waals surface area contributed by atoms with Gasteiger partial charge in [0.2, 0.25) is 11.8 Å². The molecular formula is C24H19BrN2O5S2. The number of carbonyl (C=O) groups is 3. The molecule has 10 heteroatoms. The van der Waals surface area contributed by atoms with Gasteiger partial charge in [-0.2, -0.15) is 0 Å². The van der Waals surface area contributed by atoms with E-state index < -0.39 is 23.1 Å². The fourth-order valence-corrected chi connectivity index (χ4v) is 7.49. The summed E-state index contributed by atoms with van der Waals surface area (Å²) in [7, 11) is 0. The first-order chi connectivity index (χ1) is 16.4. The van der Waals surface area contributed by atoms with Crippen molar-refractivity contribution in [2.24, 2.45) is 5.92 Å². The lowest BCUT2D eigenvalue weighted by Crippen LogP contribution is -2.32. The van der Waals surface area contributed by atoms with Crippen molar-refractivity contribution in [3.05, 3.63) is 79.2 Å². The summed E-state index contributed by atoms with van der Waals surface area (Å²) >= 11 is 5.60. The van der Waals surface area contributed by atoms with Crippen molar-refractivity contribution in [1.82, 2.24) is 4.57 Å². The number of anilines is 1. The Kier molecular flexibility index (Phi) is 6.22. The summed E-state index contributed by atoms with van der Waals surface area (Å²) in [5.74, 6) is -2.27. The van der Waals surface area contributed by atoms with E-state index in [1.54, 1.807) is 31.2 Å². The molecule has 2 aliphatic heterocycles. The average Bonchev–Trinajstić information content (AvgIpc) is 3.27. The molecule has 2 amide bonds. The quantitative estimate of drug-likeness (QED) is 0.347. The number of imide groups is 1. The van der Waals surface area contributed by atoms with Crippen LogP contribution in [0.3, 0.4) is 0 Å². The predicted molar refractivity (Wildman–Crippen MR) is 133 cm³/mol. The number of esters is 1. The molecule has 3 heterocycles. The van der Waals surface area contributed by atoms with E-state index in [-0.39, 0.29) is 29.8 Å². The van der Waals surface area contributed by atoms with Gasteiger partial charge in [0.1, 0.15) is 11.8 Å². The molecule has 0 N–H and O–H groups in total. The Balaban J connectivity index is 1.63. The number of hydrogen-bond acceptors (Lipinski definition) is 7. The largest absolute Gasteiger partial charge is 0.465 e. The van der Waals surface area contributed by atoms with Gasteiger partial charge in [-0.15, -0.1) is 0 Å². The van der Waals surface area contributed by atoms with Crippen molar-refractivity contribution in [1.29, 1.82) is 0 Å². The topological polar surface area (TPSA) is 85.7 Å². The summed E-state index contributed by atoms with van der Waals surface area (Å²) in [5, 5.41) is -0.159. The molecule has 2 aliphatic rings. The van der Waals surface area contributed by atoms with Crippen molar-refractivity contribution < 1.29 is 19.1 Å². The molecule has 1 aromatic heterocycles. The van der Waals surface area contributed by atoms with E-state index in [0.29, 0.717) is 15.6 Å². The second-order valence-electron chi connectivity index (χ2n) is 7.87. The Morgan fingerprint density at radius 2 is 1.74 bits per heavy atom. The molecule has 1 fully saturated rings. The second-order valence-corrected chi connectivity index (χ2v) is 10.9. The van der Waals surface area contributed by atoms with E-state index in [9.17, 15) is 19.2 Å². The number of benzene rings is 2. The minimum absolute atomic E-state index is 0.208. The molecule has 2 aromatic carbocycles. The van der Waals surface area contributed by atoms with Crippen LogP contribution in [0.15, 0.2) is 68.9 Å². The van der Waals surface area contributed by atoms with Crippen LogP contribution >= 0.6 is 39.0 Å². The van der Waals surface area contributed by atoms with Gasteiger partial charge < -0.3 is 4.74 Å². The van der Waals surface area contributed by atoms with Crippen LogP contribution in [-0.4, -0.2) is 34.2 Å². The maximum atomic E-state index is 13.7. The number of carbonyl (C=O) groups excluding carboxylic acids is 3. The molecule has 0 bridgehead atoms. The first kappa shape index (κ1) is 23.1. The molecular weight excluding hydrogens is 540 g/mol. The fraction of sp³-hybridized carbons (Fsp3) is 0.250. The Bertz CT molecular complexity index is 1340. The van der Waals surface area contributed by atoms with Crippen LogP contribution in [0.1, 0.15) is 23.3 Å². The Morgan fingerprint density at radius 1 is 1.03 bits per heavy atom. The lowest BCUT2D eigenvalue weighted by Gasteiger charge is -2.30. The molecule has 1 saturated heterocycles. The van der Waals surface area contributed by atoms with E-state index in [2.05, 4.69) is 15.9 Å². The smallest absolute Gasteiger partial charge is 0.326 e. The third-order valence-corrected chi connectivity index (χ3v) is 9.02. The molecule has 34 heavy (non-hydrogen) atoms. The first-order valence-electron chi connectivity index (χ1n) is 10.6. The SMILES string of the molecule is CCOC(=O)Cn1c2c(sc1=O)[C@@H](c1ccccc1)[C@@H]1C(=O)N(c3ccc(Br)cc3)C(=O)[C@@H]1S2. The third-order valence-electron chi connectivity index (χ3n) is 5.89. The normalized spacial score (nSPS) is 21.4. The average molecular weight is 559 g/mol. The zero-order valence-electron chi connectivity index (χ0n) is 18.0. The van der Waals surface area contributed by atoms with Gasteiger partial charge in [-0.05, 0) is 36.8 Å². The molecule has 3 aromatic rings. The van der Waals surface area contributed by atoms with Gasteiger partial charge >= 0.3 is 10.8 Å². The van der Waals surface area contributed by atoms with Gasteiger partial charge in [0.05, 0.1) is 23.2 Å². The number of thiazole rings is 1. The van der Waals surface area contributed by atoms with Crippen molar-refractivity contribution >= 4 is 62.5 Å². The number of hydrogen-bond donors (Lipinski definition) is 0. The van der Waals surface area contributed by atoms with Crippen LogP contribution in [0.4, 0.5) is 5.69 Å². The predicted octanol–water partition coefficient (Wildman–Crippen LogP) is 4.03. The van der Waals surface area contributed by atoms with Gasteiger partial charge in [-0.25, -0.2) is 4.90 Å². The molecule has 5 rings (SSSR count). The van der Waals surface area contributed by atoms with E-state index >= 15 is 0 Å². The summed E-state index contributed by atoms with van der Waals surface area (Å²) in [6, 6.07) is 16.5. The number of aromatic nitrogens is 1. The monoisotopic (exact) mass is 558 g/mol. The number of thioether (sulfide) groups is 1. The number of halogens is 1. The zero-order valence-corrected chi connectivity index (χ0v) is 21.2. The zero-order chi connectivity index (χ0) is 24.0. The van der Waals surface area contributed by atoms with Crippen LogP contribution < -0.4 is 9.77 Å². The highest BCUT2D eigenvalue weighted by molar-refractivity contribution is 9.10. The maximum Gasteiger partial charge on any atom is 0.326 e. The third kappa shape index (κ3) is 3.83. The number of fused-ring (bicyclic) bond motifs is 2. The van der Waals surface area contributed by atoms with Gasteiger partial charge in [-0.3, -0.25) is 23.7 Å². The highest BCUT2D eigenvalue weighted by Gasteiger charge is 2.56. The molecule has 7 nitrogen and oxygen atoms in total. The van der Waals surface area contributed by atoms with Crippen molar-refractivity contribution in [2.75, 3.05) is 11.5 Å². The van der Waals surface area contributed by atoms with E-state index in [1.807, 2.05) is 30.3 Å². The molecule has 0 aliphatic carbocycles. The summed E-state index contributed by atoms with van der Waals surface area (Å²) in [5.41, 5.74) is 1.36. The van der Waals surface area contributed by atoms with Gasteiger partial charge in [0.25, 0.3) is 0 Å². The fourth-order valence-electron chi connectivity index (χ4n) is 4.46. The van der Waals surface area contributed by atoms with Crippen LogP contribution in [0.5, 0.6) is 0 Å². The number of amides is 2. The van der Waals surface area contributed by atoms with E-state index in [0.717, 1.165) is 21.4 Å². The van der Waals surface area contributed by atoms with Gasteiger partial charge in [0.15, 0.2) is 0 Å². The molecule has 0 radical (unpaired) electrons. The first-order valence-corrected chi connectivity index (χ1v) is 13.1. The molecule has 3 atom stereocenters. The Morgan fingerprint density at radius 3 is 2.41 bits per heavy atom. The standard InChI is InChI=1S/C24H19BrN2O5S2/c1-2-32-16(28)12-26-23-20(34-24(26)31)17(13-6-4-3-5-7-13)18-19(33-23)22(30)27(21(18)29)15-10-8-14(25)9-11-15/h3-11,17-19H,2,12H2,1H3/t17-,18-,19+/m0/s1. The maximum absolute atomic E-state index is 13.7. The summed E-state index contributed by atoms with van der Waals surface area (Å²) < 4.78 is 7.26. The second kappa shape index (κ2) is 9.16. The summed E-state index contributed by atoms with van der Waals surface area (Å²) in [4.78, 5) is 54.0. The minimum atomic E-state index is -0.712.